The van der Waals surface area contributed by atoms with Crippen LogP contribution in [0.3, 0.4) is 0 Å². The van der Waals surface area contributed by atoms with E-state index in [0.717, 1.165) is 0 Å². The number of hydrogen-bond donors (Lipinski definition) is 0. The van der Waals surface area contributed by atoms with Crippen LogP contribution in [0.4, 0.5) is 5.69 Å². The highest BCUT2D eigenvalue weighted by Gasteiger charge is 2.23. The first-order valence-electron chi connectivity index (χ1n) is 4.07. The molecule has 0 aliphatic heterocycles. The van der Waals surface area contributed by atoms with Crippen molar-refractivity contribution in [3.8, 4) is 0 Å². The van der Waals surface area contributed by atoms with Crippen LogP contribution in [0.1, 0.15) is 0 Å². The number of rotatable bonds is 1. The van der Waals surface area contributed by atoms with Crippen LogP contribution < -0.4 is 5.63 Å². The molecule has 1 aromatic carbocycles. The molecular formula is C9H3BrClNO4. The molecule has 1 heterocycles. The summed E-state index contributed by atoms with van der Waals surface area (Å²) in [4.78, 5) is 21.0. The molecule has 5 nitrogen and oxygen atoms in total. The fourth-order valence-electron chi connectivity index (χ4n) is 1.28. The molecule has 0 fully saturated rings. The Labute approximate surface area is 102 Å². The van der Waals surface area contributed by atoms with Crippen LogP contribution in [0.2, 0.25) is 5.02 Å². The normalized spacial score (nSPS) is 10.6. The van der Waals surface area contributed by atoms with Gasteiger partial charge in [0.05, 0.1) is 4.92 Å². The first-order valence-corrected chi connectivity index (χ1v) is 5.24. The predicted molar refractivity (Wildman–Crippen MR) is 61.8 cm³/mol. The lowest BCUT2D eigenvalue weighted by atomic mass is 10.2. The van der Waals surface area contributed by atoms with Gasteiger partial charge in [0.1, 0.15) is 10.6 Å². The number of nitrogens with zero attached hydrogens (tertiary/aromatic N) is 1. The monoisotopic (exact) mass is 303 g/mol. The van der Waals surface area contributed by atoms with Gasteiger partial charge in [0.2, 0.25) is 0 Å². The van der Waals surface area contributed by atoms with Crippen molar-refractivity contribution in [2.24, 2.45) is 0 Å². The van der Waals surface area contributed by atoms with E-state index in [0.29, 0.717) is 9.86 Å². The Morgan fingerprint density at radius 3 is 2.75 bits per heavy atom. The van der Waals surface area contributed by atoms with Crippen LogP contribution in [0.15, 0.2) is 31.9 Å². The van der Waals surface area contributed by atoms with Crippen LogP contribution in [-0.4, -0.2) is 4.92 Å². The minimum atomic E-state index is -1.05. The predicted octanol–water partition coefficient (Wildman–Crippen LogP) is 3.12. The Morgan fingerprint density at radius 2 is 2.12 bits per heavy atom. The molecule has 0 aliphatic carbocycles. The molecule has 0 spiro atoms. The van der Waals surface area contributed by atoms with E-state index in [1.165, 1.54) is 6.07 Å². The Morgan fingerprint density at radius 1 is 1.44 bits per heavy atom. The lowest BCUT2D eigenvalue weighted by Crippen LogP contribution is -2.07. The van der Waals surface area contributed by atoms with Gasteiger partial charge >= 0.3 is 11.3 Å². The van der Waals surface area contributed by atoms with Crippen LogP contribution in [-0.2, 0) is 0 Å². The lowest BCUT2D eigenvalue weighted by molar-refractivity contribution is -0.387. The zero-order valence-electron chi connectivity index (χ0n) is 7.57. The average Bonchev–Trinajstić information content (AvgIpc) is 2.19. The quantitative estimate of drug-likeness (QED) is 0.461. The molecule has 0 radical (unpaired) electrons. The maximum atomic E-state index is 11.3. The van der Waals surface area contributed by atoms with E-state index in [4.69, 9.17) is 16.0 Å². The molecule has 16 heavy (non-hydrogen) atoms. The van der Waals surface area contributed by atoms with E-state index >= 15 is 0 Å². The highest BCUT2D eigenvalue weighted by atomic mass is 79.9. The Kier molecular flexibility index (Phi) is 2.69. The number of nitro groups is 1. The molecule has 0 atom stereocenters. The van der Waals surface area contributed by atoms with Gasteiger partial charge in [-0.3, -0.25) is 10.1 Å². The van der Waals surface area contributed by atoms with Crippen molar-refractivity contribution >= 4 is 44.2 Å². The second-order valence-corrected chi connectivity index (χ2v) is 4.24. The molecule has 1 aromatic heterocycles. The summed E-state index contributed by atoms with van der Waals surface area (Å²) in [6.07, 6.45) is 0. The van der Waals surface area contributed by atoms with Gasteiger partial charge in [0.15, 0.2) is 0 Å². The highest BCUT2D eigenvalue weighted by molar-refractivity contribution is 9.10. The van der Waals surface area contributed by atoms with E-state index in [1.807, 2.05) is 0 Å². The third kappa shape index (κ3) is 1.70. The van der Waals surface area contributed by atoms with E-state index < -0.39 is 16.2 Å². The summed E-state index contributed by atoms with van der Waals surface area (Å²) in [5.74, 6) is 0. The summed E-state index contributed by atoms with van der Waals surface area (Å²) in [6, 6.07) is 4.71. The molecule has 0 saturated carbocycles. The fraction of sp³-hybridized carbons (Fsp3) is 0. The second kappa shape index (κ2) is 3.88. The van der Waals surface area contributed by atoms with Crippen LogP contribution >= 0.6 is 27.5 Å². The molecule has 0 amide bonds. The van der Waals surface area contributed by atoms with E-state index in [1.54, 1.807) is 12.1 Å². The summed E-state index contributed by atoms with van der Waals surface area (Å²) in [6.45, 7) is 0. The molecule has 2 aromatic rings. The summed E-state index contributed by atoms with van der Waals surface area (Å²) < 4.78 is 5.47. The number of halogens is 2. The van der Waals surface area contributed by atoms with E-state index in [9.17, 15) is 14.9 Å². The fourth-order valence-corrected chi connectivity index (χ4v) is 1.94. The Bertz CT molecular complexity index is 652. The summed E-state index contributed by atoms with van der Waals surface area (Å²) >= 11 is 8.99. The van der Waals surface area contributed by atoms with E-state index in [2.05, 4.69) is 15.9 Å². The van der Waals surface area contributed by atoms with Crippen molar-refractivity contribution in [1.82, 2.24) is 0 Å². The van der Waals surface area contributed by atoms with Gasteiger partial charge in [-0.25, -0.2) is 4.79 Å². The van der Waals surface area contributed by atoms with Crippen LogP contribution in [0.5, 0.6) is 0 Å². The highest BCUT2D eigenvalue weighted by Crippen LogP contribution is 2.31. The lowest BCUT2D eigenvalue weighted by Gasteiger charge is -2.00. The van der Waals surface area contributed by atoms with Crippen LogP contribution in [0, 0.1) is 10.1 Å². The maximum Gasteiger partial charge on any atom is 0.416 e. The maximum absolute atomic E-state index is 11.3. The molecule has 0 unspecified atom stereocenters. The number of benzene rings is 1. The van der Waals surface area contributed by atoms with Gasteiger partial charge < -0.3 is 4.42 Å². The third-order valence-electron chi connectivity index (χ3n) is 1.96. The summed E-state index contributed by atoms with van der Waals surface area (Å²) in [7, 11) is 0. The number of hydrogen-bond acceptors (Lipinski definition) is 4. The molecule has 0 N–H and O–H groups in total. The molecule has 82 valence electrons. The SMILES string of the molecule is O=c1oc2ccc(Br)cc2c(Cl)c1[N+](=O)[O-]. The molecule has 2 rings (SSSR count). The zero-order chi connectivity index (χ0) is 11.9. The average molecular weight is 304 g/mol. The summed E-state index contributed by atoms with van der Waals surface area (Å²) in [5.41, 5.74) is -1.58. The topological polar surface area (TPSA) is 73.3 Å². The zero-order valence-corrected chi connectivity index (χ0v) is 9.91. The van der Waals surface area contributed by atoms with Gasteiger partial charge in [-0.1, -0.05) is 27.5 Å². The van der Waals surface area contributed by atoms with Crippen molar-refractivity contribution < 1.29 is 9.34 Å². The largest absolute Gasteiger partial charge is 0.418 e. The molecule has 0 saturated heterocycles. The second-order valence-electron chi connectivity index (χ2n) is 2.95. The first-order chi connectivity index (χ1) is 7.50. The minimum Gasteiger partial charge on any atom is -0.418 e. The van der Waals surface area contributed by atoms with Crippen molar-refractivity contribution in [3.63, 3.8) is 0 Å². The van der Waals surface area contributed by atoms with Gasteiger partial charge in [-0.2, -0.15) is 0 Å². The minimum absolute atomic E-state index is 0.211. The Balaban J connectivity index is 2.96. The standard InChI is InChI=1S/C9H3BrClNO4/c10-4-1-2-6-5(3-4)7(11)8(12(14)15)9(13)16-6/h1-3H. The Hall–Kier alpha value is -1.40. The molecule has 7 heteroatoms. The van der Waals surface area contributed by atoms with Gasteiger partial charge in [-0.05, 0) is 18.2 Å². The van der Waals surface area contributed by atoms with Crippen molar-refractivity contribution in [1.29, 1.82) is 0 Å². The molecule has 0 aliphatic rings. The smallest absolute Gasteiger partial charge is 0.416 e. The third-order valence-corrected chi connectivity index (χ3v) is 2.84. The van der Waals surface area contributed by atoms with Crippen LogP contribution in [0.25, 0.3) is 11.0 Å². The molecular weight excluding hydrogens is 301 g/mol. The van der Waals surface area contributed by atoms with Crippen molar-refractivity contribution in [2.75, 3.05) is 0 Å². The first kappa shape index (κ1) is 11.1. The number of fused-ring (bicyclic) bond motifs is 1. The van der Waals surface area contributed by atoms with Gasteiger partial charge in [-0.15, -0.1) is 0 Å². The van der Waals surface area contributed by atoms with Gasteiger partial charge in [0, 0.05) is 9.86 Å². The van der Waals surface area contributed by atoms with Crippen molar-refractivity contribution in [2.45, 2.75) is 0 Å². The van der Waals surface area contributed by atoms with Crippen molar-refractivity contribution in [3.05, 3.63) is 48.2 Å². The molecule has 0 bridgehead atoms. The van der Waals surface area contributed by atoms with E-state index in [-0.39, 0.29) is 10.6 Å². The van der Waals surface area contributed by atoms with Gasteiger partial charge in [0.25, 0.3) is 0 Å². The summed E-state index contributed by atoms with van der Waals surface area (Å²) in [5, 5.41) is 10.7.